The number of allylic oxidation sites excluding steroid dienone is 2. The summed E-state index contributed by atoms with van der Waals surface area (Å²) in [6, 6.07) is 5.57. The van der Waals surface area contributed by atoms with Crippen LogP contribution in [0.15, 0.2) is 30.4 Å². The van der Waals surface area contributed by atoms with Crippen molar-refractivity contribution in [2.24, 2.45) is 11.8 Å². The fourth-order valence-electron chi connectivity index (χ4n) is 4.43. The molecule has 0 bridgehead atoms. The first-order valence-corrected chi connectivity index (χ1v) is 12.2. The summed E-state index contributed by atoms with van der Waals surface area (Å²) < 4.78 is 5.65. The Morgan fingerprint density at radius 3 is 2.29 bits per heavy atom. The number of benzene rings is 1. The number of rotatable bonds is 15. The quantitative estimate of drug-likeness (QED) is 0.237. The molecule has 1 aromatic rings. The number of ether oxygens (including phenoxy) is 1. The van der Waals surface area contributed by atoms with Gasteiger partial charge in [0.05, 0.1) is 7.11 Å². The van der Waals surface area contributed by atoms with E-state index in [2.05, 4.69) is 31.3 Å². The van der Waals surface area contributed by atoms with Crippen LogP contribution in [0.25, 0.3) is 0 Å². The molecule has 0 heterocycles. The zero-order chi connectivity index (χ0) is 25.0. The van der Waals surface area contributed by atoms with Gasteiger partial charge in [0.25, 0.3) is 0 Å². The maximum atomic E-state index is 12.6. The number of methoxy groups -OCH3 is 1. The summed E-state index contributed by atoms with van der Waals surface area (Å²) in [7, 11) is 1.56. The minimum atomic E-state index is -1.19. The number of aliphatic carboxylic acids is 1. The predicted octanol–water partition coefficient (Wildman–Crippen LogP) is 5.78. The van der Waals surface area contributed by atoms with Crippen molar-refractivity contribution in [2.75, 3.05) is 20.2 Å². The highest BCUT2D eigenvalue weighted by molar-refractivity contribution is 5.85. The second-order valence-corrected chi connectivity index (χ2v) is 9.13. The number of hydrogen-bond donors (Lipinski definition) is 2. The molecule has 7 heteroatoms. The third-order valence-corrected chi connectivity index (χ3v) is 6.14. The molecule has 1 atom stereocenters. The summed E-state index contributed by atoms with van der Waals surface area (Å²) in [5.41, 5.74) is 0.327. The molecular weight excluding hydrogens is 452 g/mol. The van der Waals surface area contributed by atoms with E-state index in [1.165, 1.54) is 0 Å². The molecule has 34 heavy (non-hydrogen) atoms. The second kappa shape index (κ2) is 15.8. The van der Waals surface area contributed by atoms with Crippen molar-refractivity contribution in [3.05, 3.63) is 41.5 Å². The van der Waals surface area contributed by atoms with Gasteiger partial charge in [-0.3, -0.25) is 9.69 Å². The van der Waals surface area contributed by atoms with Crippen LogP contribution in [0, 0.1) is 11.8 Å². The minimum Gasteiger partial charge on any atom is -0.496 e. The van der Waals surface area contributed by atoms with Crippen molar-refractivity contribution >= 4 is 24.3 Å². The van der Waals surface area contributed by atoms with Crippen molar-refractivity contribution in [1.82, 2.24) is 10.2 Å². The standard InChI is InChI=1S/C27H44N2O4.ClH/c1-8-29(9-2)27(21(5)6,26(31)32)23-17-16-22(18-24(23)33-7)19-28-25(30)15-13-11-10-12-14-20(3)4;/h12,14,16-18,20-21H,8-11,13,15,19H2,1-7H3,(H,28,30)(H,31,32);1H/b14-12+;/t27-;/m1./s1. The molecule has 1 amide bonds. The Morgan fingerprint density at radius 2 is 1.79 bits per heavy atom. The smallest absolute Gasteiger partial charge is 0.329 e. The van der Waals surface area contributed by atoms with E-state index in [0.717, 1.165) is 24.8 Å². The maximum absolute atomic E-state index is 12.6. The number of nitrogens with one attached hydrogen (secondary N) is 1. The highest BCUT2D eigenvalue weighted by Crippen LogP contribution is 2.41. The van der Waals surface area contributed by atoms with Crippen molar-refractivity contribution in [1.29, 1.82) is 0 Å². The molecule has 0 aliphatic carbocycles. The Balaban J connectivity index is 0.0000109. The Bertz CT molecular complexity index is 791. The van der Waals surface area contributed by atoms with Crippen LogP contribution in [0.5, 0.6) is 5.75 Å². The molecular formula is C27H45ClN2O4. The van der Waals surface area contributed by atoms with E-state index >= 15 is 0 Å². The number of carbonyl (C=O) groups is 2. The van der Waals surface area contributed by atoms with Crippen LogP contribution in [0.1, 0.15) is 78.4 Å². The molecule has 6 nitrogen and oxygen atoms in total. The largest absolute Gasteiger partial charge is 0.496 e. The first kappa shape index (κ1) is 31.9. The molecule has 0 aliphatic rings. The summed E-state index contributed by atoms with van der Waals surface area (Å²) in [6.45, 7) is 13.7. The fourth-order valence-corrected chi connectivity index (χ4v) is 4.43. The lowest BCUT2D eigenvalue weighted by atomic mass is 9.77. The molecule has 0 radical (unpaired) electrons. The van der Waals surface area contributed by atoms with Gasteiger partial charge in [-0.2, -0.15) is 0 Å². The molecule has 0 unspecified atom stereocenters. The fraction of sp³-hybridized carbons (Fsp3) is 0.630. The summed E-state index contributed by atoms with van der Waals surface area (Å²) in [5, 5.41) is 13.3. The number of halogens is 1. The molecule has 0 fully saturated rings. The molecule has 2 N–H and O–H groups in total. The van der Waals surface area contributed by atoms with Gasteiger partial charge >= 0.3 is 5.97 Å². The van der Waals surface area contributed by atoms with E-state index in [1.54, 1.807) is 7.11 Å². The number of carbonyl (C=O) groups excluding carboxylic acids is 1. The van der Waals surface area contributed by atoms with Crippen molar-refractivity contribution in [3.8, 4) is 5.75 Å². The van der Waals surface area contributed by atoms with Crippen LogP contribution in [0.4, 0.5) is 0 Å². The first-order chi connectivity index (χ1) is 15.6. The Hall–Kier alpha value is -2.05. The van der Waals surface area contributed by atoms with Gasteiger partial charge in [0.15, 0.2) is 5.54 Å². The Kier molecular flexibility index (Phi) is 14.8. The van der Waals surface area contributed by atoms with E-state index in [1.807, 2.05) is 50.8 Å². The Labute approximate surface area is 212 Å². The molecule has 0 saturated carbocycles. The van der Waals surface area contributed by atoms with Crippen molar-refractivity contribution < 1.29 is 19.4 Å². The lowest BCUT2D eigenvalue weighted by Crippen LogP contribution is -2.55. The number of likely N-dealkylation sites (N-methyl/N-ethyl adjacent to an activating group) is 1. The monoisotopic (exact) mass is 496 g/mol. The minimum absolute atomic E-state index is 0. The van der Waals surface area contributed by atoms with Crippen molar-refractivity contribution in [3.63, 3.8) is 0 Å². The van der Waals surface area contributed by atoms with Crippen LogP contribution < -0.4 is 10.1 Å². The average molecular weight is 497 g/mol. The van der Waals surface area contributed by atoms with E-state index in [4.69, 9.17) is 4.74 Å². The highest BCUT2D eigenvalue weighted by atomic mass is 35.5. The molecule has 0 aliphatic heterocycles. The zero-order valence-electron chi connectivity index (χ0n) is 22.0. The van der Waals surface area contributed by atoms with Gasteiger partial charge in [0.1, 0.15) is 5.75 Å². The number of carboxylic acids is 1. The number of unbranched alkanes of at least 4 members (excludes halogenated alkanes) is 2. The molecule has 0 aromatic heterocycles. The van der Waals surface area contributed by atoms with Crippen LogP contribution >= 0.6 is 12.4 Å². The van der Waals surface area contributed by atoms with Crippen molar-refractivity contribution in [2.45, 2.75) is 79.3 Å². The van der Waals surface area contributed by atoms with Gasteiger partial charge in [-0.25, -0.2) is 4.79 Å². The second-order valence-electron chi connectivity index (χ2n) is 9.13. The molecule has 1 rings (SSSR count). The topological polar surface area (TPSA) is 78.9 Å². The summed E-state index contributed by atoms with van der Waals surface area (Å²) >= 11 is 0. The van der Waals surface area contributed by atoms with Gasteiger partial charge in [-0.05, 0) is 55.8 Å². The lowest BCUT2D eigenvalue weighted by molar-refractivity contribution is -0.156. The maximum Gasteiger partial charge on any atom is 0.329 e. The van der Waals surface area contributed by atoms with E-state index < -0.39 is 11.5 Å². The van der Waals surface area contributed by atoms with E-state index in [-0.39, 0.29) is 24.2 Å². The number of hydrogen-bond acceptors (Lipinski definition) is 4. The number of amides is 1. The van der Waals surface area contributed by atoms with Crippen LogP contribution in [-0.4, -0.2) is 42.1 Å². The molecule has 194 valence electrons. The molecule has 0 saturated heterocycles. The van der Waals surface area contributed by atoms with Crippen LogP contribution in [-0.2, 0) is 21.7 Å². The number of nitrogens with zero attached hydrogens (tertiary/aromatic N) is 1. The van der Waals surface area contributed by atoms with Gasteiger partial charge < -0.3 is 15.2 Å². The van der Waals surface area contributed by atoms with E-state index in [0.29, 0.717) is 43.3 Å². The zero-order valence-corrected chi connectivity index (χ0v) is 22.8. The number of carboxylic acid groups (broad SMARTS) is 1. The highest BCUT2D eigenvalue weighted by Gasteiger charge is 2.49. The first-order valence-electron chi connectivity index (χ1n) is 12.2. The van der Waals surface area contributed by atoms with Gasteiger partial charge in [0, 0.05) is 18.5 Å². The predicted molar refractivity (Wildman–Crippen MR) is 142 cm³/mol. The summed E-state index contributed by atoms with van der Waals surface area (Å²) in [4.78, 5) is 26.8. The SMILES string of the molecule is CCN(CC)[C@@](C(=O)O)(c1ccc(CNC(=O)CCCC/C=C/C(C)C)cc1OC)C(C)C.Cl. The summed E-state index contributed by atoms with van der Waals surface area (Å²) in [5.74, 6) is 0.0520. The normalized spacial score (nSPS) is 13.2. The Morgan fingerprint density at radius 1 is 1.15 bits per heavy atom. The van der Waals surface area contributed by atoms with Gasteiger partial charge in [0.2, 0.25) is 5.91 Å². The van der Waals surface area contributed by atoms with Crippen LogP contribution in [0.2, 0.25) is 0 Å². The van der Waals surface area contributed by atoms with Crippen LogP contribution in [0.3, 0.4) is 0 Å². The summed E-state index contributed by atoms with van der Waals surface area (Å²) in [6.07, 6.45) is 7.73. The molecule has 1 aromatic carbocycles. The average Bonchev–Trinajstić information content (AvgIpc) is 2.77. The van der Waals surface area contributed by atoms with Gasteiger partial charge in [-0.15, -0.1) is 12.4 Å². The van der Waals surface area contributed by atoms with E-state index in [9.17, 15) is 14.7 Å². The molecule has 0 spiro atoms. The third kappa shape index (κ3) is 8.31. The third-order valence-electron chi connectivity index (χ3n) is 6.14. The lowest BCUT2D eigenvalue weighted by Gasteiger charge is -2.43. The van der Waals surface area contributed by atoms with Gasteiger partial charge in [-0.1, -0.05) is 65.8 Å².